The fourth-order valence-electron chi connectivity index (χ4n) is 3.64. The third-order valence-electron chi connectivity index (χ3n) is 5.25. The lowest BCUT2D eigenvalue weighted by molar-refractivity contribution is -0.122. The van der Waals surface area contributed by atoms with Gasteiger partial charge in [-0.25, -0.2) is 9.69 Å². The molecular weight excluding hydrogens is 368 g/mol. The number of nitrogens with one attached hydrogen (secondary N) is 1. The number of anilines is 1. The van der Waals surface area contributed by atoms with Gasteiger partial charge >= 0.3 is 6.03 Å². The monoisotopic (exact) mass is 390 g/mol. The van der Waals surface area contributed by atoms with Gasteiger partial charge < -0.3 is 4.74 Å². The molecule has 2 heterocycles. The summed E-state index contributed by atoms with van der Waals surface area (Å²) in [6.07, 6.45) is 2.26. The number of rotatable bonds is 2. The van der Waals surface area contributed by atoms with Gasteiger partial charge in [0.05, 0.1) is 5.69 Å². The lowest BCUT2D eigenvalue weighted by atomic mass is 9.99. The maximum atomic E-state index is 13.0. The number of barbiturate groups is 1. The average molecular weight is 390 g/mol. The first kappa shape index (κ1) is 18.9. The first-order valence-electron chi connectivity index (χ1n) is 9.45. The second-order valence-electron chi connectivity index (χ2n) is 8.13. The summed E-state index contributed by atoms with van der Waals surface area (Å²) in [7, 11) is 0. The number of carbonyl (C=O) groups excluding carboxylic acids is 3. The van der Waals surface area contributed by atoms with Crippen LogP contribution in [-0.4, -0.2) is 23.4 Å². The van der Waals surface area contributed by atoms with E-state index in [2.05, 4.69) is 5.32 Å². The fourth-order valence-corrected chi connectivity index (χ4v) is 3.64. The van der Waals surface area contributed by atoms with Crippen molar-refractivity contribution in [2.75, 3.05) is 4.90 Å². The highest BCUT2D eigenvalue weighted by atomic mass is 16.5. The smallest absolute Gasteiger partial charge is 0.335 e. The van der Waals surface area contributed by atoms with Gasteiger partial charge in [0.1, 0.15) is 16.9 Å². The topological polar surface area (TPSA) is 75.7 Å². The molecule has 0 aromatic heterocycles. The molecule has 2 aliphatic heterocycles. The Morgan fingerprint density at radius 1 is 1.03 bits per heavy atom. The first-order chi connectivity index (χ1) is 13.6. The minimum Gasteiger partial charge on any atom is -0.487 e. The maximum absolute atomic E-state index is 13.0. The molecule has 0 radical (unpaired) electrons. The Balaban J connectivity index is 1.70. The van der Waals surface area contributed by atoms with Crippen LogP contribution in [0.15, 0.2) is 42.0 Å². The van der Waals surface area contributed by atoms with Gasteiger partial charge in [0.25, 0.3) is 11.8 Å². The SMILES string of the molecule is Cc1ccc(N2C(=O)NC(=O)/C(=C/c3ccc4c(c3)CC(C)(C)O4)C2=O)cc1C. The van der Waals surface area contributed by atoms with Gasteiger partial charge in [-0.1, -0.05) is 12.1 Å². The van der Waals surface area contributed by atoms with E-state index >= 15 is 0 Å². The van der Waals surface area contributed by atoms with Crippen LogP contribution in [0.1, 0.15) is 36.1 Å². The Labute approximate surface area is 169 Å². The molecule has 0 unspecified atom stereocenters. The average Bonchev–Trinajstić information content (AvgIpc) is 2.94. The van der Waals surface area contributed by atoms with E-state index < -0.39 is 17.8 Å². The van der Waals surface area contributed by atoms with Gasteiger partial charge in [-0.2, -0.15) is 0 Å². The van der Waals surface area contributed by atoms with Crippen LogP contribution in [0.5, 0.6) is 5.75 Å². The summed E-state index contributed by atoms with van der Waals surface area (Å²) in [6, 6.07) is 10.1. The number of hydrogen-bond donors (Lipinski definition) is 1. The molecule has 4 rings (SSSR count). The number of amides is 4. The van der Waals surface area contributed by atoms with Crippen LogP contribution in [-0.2, 0) is 16.0 Å². The molecule has 2 aromatic carbocycles. The van der Waals surface area contributed by atoms with Crippen molar-refractivity contribution in [1.82, 2.24) is 5.32 Å². The molecule has 29 heavy (non-hydrogen) atoms. The van der Waals surface area contributed by atoms with Crippen molar-refractivity contribution >= 4 is 29.6 Å². The number of nitrogens with zero attached hydrogens (tertiary/aromatic N) is 1. The zero-order chi connectivity index (χ0) is 20.9. The molecule has 1 N–H and O–H groups in total. The van der Waals surface area contributed by atoms with E-state index in [9.17, 15) is 14.4 Å². The van der Waals surface area contributed by atoms with Crippen LogP contribution in [0.25, 0.3) is 6.08 Å². The van der Waals surface area contributed by atoms with E-state index in [0.717, 1.165) is 33.8 Å². The van der Waals surface area contributed by atoms with Crippen molar-refractivity contribution < 1.29 is 19.1 Å². The molecule has 2 aromatic rings. The Morgan fingerprint density at radius 2 is 1.79 bits per heavy atom. The number of urea groups is 1. The molecule has 6 heteroatoms. The summed E-state index contributed by atoms with van der Waals surface area (Å²) in [6.45, 7) is 7.87. The number of carbonyl (C=O) groups is 3. The Kier molecular flexibility index (Phi) is 4.30. The molecule has 0 atom stereocenters. The quantitative estimate of drug-likeness (QED) is 0.627. The molecule has 6 nitrogen and oxygen atoms in total. The highest BCUT2D eigenvalue weighted by molar-refractivity contribution is 6.39. The molecule has 1 saturated heterocycles. The van der Waals surface area contributed by atoms with Gasteiger partial charge in [-0.05, 0) is 80.3 Å². The van der Waals surface area contributed by atoms with E-state index in [0.29, 0.717) is 11.3 Å². The van der Waals surface area contributed by atoms with E-state index in [1.807, 2.05) is 45.9 Å². The largest absolute Gasteiger partial charge is 0.487 e. The molecule has 0 aliphatic carbocycles. The maximum Gasteiger partial charge on any atom is 0.335 e. The minimum absolute atomic E-state index is 0.0825. The fraction of sp³-hybridized carbons (Fsp3) is 0.261. The summed E-state index contributed by atoms with van der Waals surface area (Å²) < 4.78 is 5.87. The van der Waals surface area contributed by atoms with Crippen molar-refractivity contribution in [2.45, 2.75) is 39.7 Å². The van der Waals surface area contributed by atoms with Crippen LogP contribution >= 0.6 is 0 Å². The third-order valence-corrected chi connectivity index (χ3v) is 5.25. The number of benzene rings is 2. The molecule has 2 aliphatic rings. The zero-order valence-corrected chi connectivity index (χ0v) is 16.8. The molecule has 0 bridgehead atoms. The van der Waals surface area contributed by atoms with Crippen molar-refractivity contribution in [1.29, 1.82) is 0 Å². The Bertz CT molecular complexity index is 1100. The number of fused-ring (bicyclic) bond motifs is 1. The highest BCUT2D eigenvalue weighted by Crippen LogP contribution is 2.35. The molecule has 1 fully saturated rings. The van der Waals surface area contributed by atoms with E-state index in [1.54, 1.807) is 18.2 Å². The lowest BCUT2D eigenvalue weighted by Gasteiger charge is -2.26. The normalized spacial score (nSPS) is 19.2. The third kappa shape index (κ3) is 3.42. The lowest BCUT2D eigenvalue weighted by Crippen LogP contribution is -2.54. The molecule has 148 valence electrons. The Morgan fingerprint density at radius 3 is 2.52 bits per heavy atom. The second kappa shape index (κ2) is 6.58. The van der Waals surface area contributed by atoms with Gasteiger partial charge in [0.2, 0.25) is 0 Å². The van der Waals surface area contributed by atoms with Gasteiger partial charge in [0, 0.05) is 6.42 Å². The first-order valence-corrected chi connectivity index (χ1v) is 9.45. The van der Waals surface area contributed by atoms with Crippen LogP contribution in [0.4, 0.5) is 10.5 Å². The molecule has 0 spiro atoms. The summed E-state index contributed by atoms with van der Waals surface area (Å²) >= 11 is 0. The van der Waals surface area contributed by atoms with Crippen molar-refractivity contribution in [3.63, 3.8) is 0 Å². The Hall–Kier alpha value is -3.41. The van der Waals surface area contributed by atoms with Gasteiger partial charge in [0.15, 0.2) is 0 Å². The van der Waals surface area contributed by atoms with Crippen molar-refractivity contribution in [3.05, 3.63) is 64.2 Å². The summed E-state index contributed by atoms with van der Waals surface area (Å²) in [5.41, 5.74) is 3.80. The van der Waals surface area contributed by atoms with Crippen molar-refractivity contribution in [2.24, 2.45) is 0 Å². The predicted molar refractivity (Wildman–Crippen MR) is 110 cm³/mol. The highest BCUT2D eigenvalue weighted by Gasteiger charge is 2.37. The van der Waals surface area contributed by atoms with Crippen molar-refractivity contribution in [3.8, 4) is 5.75 Å². The standard InChI is InChI=1S/C23H22N2O4/c1-13-5-7-17(9-14(13)2)25-21(27)18(20(26)24-22(25)28)11-15-6-8-19-16(10-15)12-23(3,4)29-19/h5-11H,12H2,1-4H3,(H,24,26,28)/b18-11-. The second-order valence-corrected chi connectivity index (χ2v) is 8.13. The van der Waals surface area contributed by atoms with Crippen LogP contribution in [0.3, 0.4) is 0 Å². The van der Waals surface area contributed by atoms with E-state index in [4.69, 9.17) is 4.74 Å². The summed E-state index contributed by atoms with van der Waals surface area (Å²) in [5.74, 6) is -0.528. The van der Waals surface area contributed by atoms with Gasteiger partial charge in [-0.15, -0.1) is 0 Å². The number of aryl methyl sites for hydroxylation is 2. The van der Waals surface area contributed by atoms with E-state index in [1.165, 1.54) is 6.08 Å². The van der Waals surface area contributed by atoms with Crippen LogP contribution < -0.4 is 15.0 Å². The molecule has 0 saturated carbocycles. The summed E-state index contributed by atoms with van der Waals surface area (Å²) in [4.78, 5) is 38.8. The summed E-state index contributed by atoms with van der Waals surface area (Å²) in [5, 5.41) is 2.26. The minimum atomic E-state index is -0.746. The predicted octanol–water partition coefficient (Wildman–Crippen LogP) is 3.68. The number of ether oxygens (including phenoxy) is 1. The van der Waals surface area contributed by atoms with Gasteiger partial charge in [-0.3, -0.25) is 14.9 Å². The molecule has 4 amide bonds. The van der Waals surface area contributed by atoms with E-state index in [-0.39, 0.29) is 11.2 Å². The molecular formula is C23H22N2O4. The number of hydrogen-bond acceptors (Lipinski definition) is 4. The van der Waals surface area contributed by atoms with Crippen LogP contribution in [0, 0.1) is 13.8 Å². The number of imide groups is 2. The van der Waals surface area contributed by atoms with Crippen LogP contribution in [0.2, 0.25) is 0 Å². The zero-order valence-electron chi connectivity index (χ0n) is 16.8.